The van der Waals surface area contributed by atoms with E-state index in [2.05, 4.69) is 16.4 Å². The highest BCUT2D eigenvalue weighted by Gasteiger charge is 2.21. The largest absolute Gasteiger partial charge is 0.493 e. The normalized spacial score (nSPS) is 13.7. The summed E-state index contributed by atoms with van der Waals surface area (Å²) in [5, 5.41) is 13.4. The van der Waals surface area contributed by atoms with Crippen LogP contribution in [0, 0.1) is 11.3 Å². The highest BCUT2D eigenvalue weighted by molar-refractivity contribution is 5.79. The van der Waals surface area contributed by atoms with E-state index in [9.17, 15) is 5.26 Å². The van der Waals surface area contributed by atoms with Crippen molar-refractivity contribution in [2.24, 2.45) is 0 Å². The topological polar surface area (TPSA) is 57.9 Å². The van der Waals surface area contributed by atoms with Gasteiger partial charge in [-0.05, 0) is 31.7 Å². The molecule has 4 heteroatoms. The monoisotopic (exact) mass is 269 g/mol. The molecular weight excluding hydrogens is 250 g/mol. The van der Waals surface area contributed by atoms with E-state index < -0.39 is 5.54 Å². The van der Waals surface area contributed by atoms with Gasteiger partial charge in [0.2, 0.25) is 0 Å². The smallest absolute Gasteiger partial charge is 0.121 e. The van der Waals surface area contributed by atoms with Crippen LogP contribution in [-0.2, 0) is 0 Å². The predicted octanol–water partition coefficient (Wildman–Crippen LogP) is 2.90. The number of pyridine rings is 1. The van der Waals surface area contributed by atoms with Gasteiger partial charge in [0.05, 0.1) is 18.2 Å². The van der Waals surface area contributed by atoms with Gasteiger partial charge in [0.15, 0.2) is 0 Å². The van der Waals surface area contributed by atoms with Crippen LogP contribution >= 0.6 is 0 Å². The van der Waals surface area contributed by atoms with Crippen molar-refractivity contribution in [3.8, 4) is 11.8 Å². The van der Waals surface area contributed by atoms with Gasteiger partial charge in [-0.2, -0.15) is 5.26 Å². The lowest BCUT2D eigenvalue weighted by atomic mass is 10.0. The number of fused-ring (bicyclic) bond motifs is 1. The van der Waals surface area contributed by atoms with Gasteiger partial charge < -0.3 is 4.74 Å². The molecule has 0 aliphatic carbocycles. The van der Waals surface area contributed by atoms with Crippen molar-refractivity contribution in [1.82, 2.24) is 10.3 Å². The Morgan fingerprint density at radius 1 is 1.40 bits per heavy atom. The molecule has 1 aromatic heterocycles. The molecule has 0 bridgehead atoms. The summed E-state index contributed by atoms with van der Waals surface area (Å²) in [5.74, 6) is 0.785. The highest BCUT2D eigenvalue weighted by Crippen LogP contribution is 2.19. The molecule has 0 spiro atoms. The van der Waals surface area contributed by atoms with E-state index in [1.54, 1.807) is 6.20 Å². The average Bonchev–Trinajstić information content (AvgIpc) is 2.47. The minimum Gasteiger partial charge on any atom is -0.493 e. The highest BCUT2D eigenvalue weighted by atomic mass is 16.5. The van der Waals surface area contributed by atoms with Crippen LogP contribution in [0.2, 0.25) is 0 Å². The minimum atomic E-state index is -0.538. The maximum absolute atomic E-state index is 9.18. The average molecular weight is 269 g/mol. The molecule has 0 saturated carbocycles. The fraction of sp³-hybridized carbons (Fsp3) is 0.375. The van der Waals surface area contributed by atoms with E-state index in [1.807, 2.05) is 44.2 Å². The molecule has 1 heterocycles. The number of nitriles is 1. The van der Waals surface area contributed by atoms with E-state index in [4.69, 9.17) is 4.74 Å². The number of hydrogen-bond acceptors (Lipinski definition) is 4. The molecule has 104 valence electrons. The zero-order chi connectivity index (χ0) is 14.4. The van der Waals surface area contributed by atoms with E-state index >= 15 is 0 Å². The first kappa shape index (κ1) is 14.3. The second-order valence-electron chi connectivity index (χ2n) is 4.93. The summed E-state index contributed by atoms with van der Waals surface area (Å²) >= 11 is 0. The van der Waals surface area contributed by atoms with Crippen molar-refractivity contribution < 1.29 is 4.74 Å². The Morgan fingerprint density at radius 2 is 2.25 bits per heavy atom. The summed E-state index contributed by atoms with van der Waals surface area (Å²) in [4.78, 5) is 4.30. The maximum Gasteiger partial charge on any atom is 0.121 e. The number of aromatic nitrogens is 1. The summed E-state index contributed by atoms with van der Waals surface area (Å²) in [5.41, 5.74) is 0.379. The molecule has 1 aromatic carbocycles. The van der Waals surface area contributed by atoms with Crippen molar-refractivity contribution in [2.75, 3.05) is 13.2 Å². The number of ether oxygens (including phenoxy) is 1. The van der Waals surface area contributed by atoms with E-state index in [1.165, 1.54) is 0 Å². The van der Waals surface area contributed by atoms with Gasteiger partial charge in [-0.25, -0.2) is 0 Å². The molecule has 2 rings (SSSR count). The van der Waals surface area contributed by atoms with Gasteiger partial charge in [0.25, 0.3) is 0 Å². The molecule has 4 nitrogen and oxygen atoms in total. The molecule has 20 heavy (non-hydrogen) atoms. The lowest BCUT2D eigenvalue weighted by Gasteiger charge is -2.22. The SMILES string of the molecule is CCNC(C)(C#N)CCOc1ccc2cccnc2c1. The van der Waals surface area contributed by atoms with Crippen LogP contribution < -0.4 is 10.1 Å². The van der Waals surface area contributed by atoms with Crippen LogP contribution in [0.25, 0.3) is 10.9 Å². The number of nitrogens with zero attached hydrogens (tertiary/aromatic N) is 2. The quantitative estimate of drug-likeness (QED) is 0.876. The third-order valence-corrected chi connectivity index (χ3v) is 3.26. The molecule has 0 fully saturated rings. The van der Waals surface area contributed by atoms with Crippen molar-refractivity contribution in [3.63, 3.8) is 0 Å². The Morgan fingerprint density at radius 3 is 3.00 bits per heavy atom. The molecule has 0 radical (unpaired) electrons. The van der Waals surface area contributed by atoms with Crippen LogP contribution in [-0.4, -0.2) is 23.7 Å². The first-order valence-corrected chi connectivity index (χ1v) is 6.81. The third kappa shape index (κ3) is 3.46. The van der Waals surface area contributed by atoms with Gasteiger partial charge in [0.1, 0.15) is 11.3 Å². The Balaban J connectivity index is 1.97. The fourth-order valence-electron chi connectivity index (χ4n) is 2.08. The molecule has 1 N–H and O–H groups in total. The molecule has 0 amide bonds. The maximum atomic E-state index is 9.18. The van der Waals surface area contributed by atoms with Gasteiger partial charge >= 0.3 is 0 Å². The Kier molecular flexibility index (Phi) is 4.54. The number of benzene rings is 1. The minimum absolute atomic E-state index is 0.495. The lowest BCUT2D eigenvalue weighted by molar-refractivity contribution is 0.269. The van der Waals surface area contributed by atoms with E-state index in [-0.39, 0.29) is 0 Å². The molecular formula is C16H19N3O. The van der Waals surface area contributed by atoms with Gasteiger partial charge in [0, 0.05) is 24.1 Å². The van der Waals surface area contributed by atoms with Crippen LogP contribution in [0.5, 0.6) is 5.75 Å². The first-order valence-electron chi connectivity index (χ1n) is 6.81. The Hall–Kier alpha value is -2.12. The molecule has 1 unspecified atom stereocenters. The van der Waals surface area contributed by atoms with Gasteiger partial charge in [-0.3, -0.25) is 10.3 Å². The summed E-state index contributed by atoms with van der Waals surface area (Å²) in [7, 11) is 0. The Labute approximate surface area is 119 Å². The molecule has 2 aromatic rings. The van der Waals surface area contributed by atoms with E-state index in [0.717, 1.165) is 23.2 Å². The fourth-order valence-corrected chi connectivity index (χ4v) is 2.08. The predicted molar refractivity (Wildman–Crippen MR) is 79.5 cm³/mol. The zero-order valence-electron chi connectivity index (χ0n) is 11.9. The molecule has 0 saturated heterocycles. The number of nitrogens with one attached hydrogen (secondary N) is 1. The van der Waals surface area contributed by atoms with Crippen LogP contribution in [0.15, 0.2) is 36.5 Å². The van der Waals surface area contributed by atoms with Crippen molar-refractivity contribution >= 4 is 10.9 Å². The summed E-state index contributed by atoms with van der Waals surface area (Å²) in [6.45, 7) is 5.15. The first-order chi connectivity index (χ1) is 9.67. The molecule has 1 atom stereocenters. The number of rotatable bonds is 6. The van der Waals surface area contributed by atoms with Crippen LogP contribution in [0.1, 0.15) is 20.3 Å². The van der Waals surface area contributed by atoms with E-state index in [0.29, 0.717) is 13.0 Å². The Bertz CT molecular complexity index is 620. The third-order valence-electron chi connectivity index (χ3n) is 3.26. The second kappa shape index (κ2) is 6.36. The van der Waals surface area contributed by atoms with Crippen molar-refractivity contribution in [2.45, 2.75) is 25.8 Å². The van der Waals surface area contributed by atoms with Crippen molar-refractivity contribution in [1.29, 1.82) is 5.26 Å². The lowest BCUT2D eigenvalue weighted by Crippen LogP contribution is -2.42. The standard InChI is InChI=1S/C16H19N3O/c1-3-19-16(2,12-17)8-10-20-14-7-6-13-5-4-9-18-15(13)11-14/h4-7,9,11,19H,3,8,10H2,1-2H3. The van der Waals surface area contributed by atoms with Gasteiger partial charge in [-0.15, -0.1) is 0 Å². The molecule has 0 aliphatic rings. The summed E-state index contributed by atoms with van der Waals surface area (Å²) < 4.78 is 5.73. The molecule has 0 aliphatic heterocycles. The van der Waals surface area contributed by atoms with Crippen LogP contribution in [0.3, 0.4) is 0 Å². The second-order valence-corrected chi connectivity index (χ2v) is 4.93. The zero-order valence-corrected chi connectivity index (χ0v) is 11.9. The van der Waals surface area contributed by atoms with Crippen molar-refractivity contribution in [3.05, 3.63) is 36.5 Å². The summed E-state index contributed by atoms with van der Waals surface area (Å²) in [6.07, 6.45) is 2.40. The summed E-state index contributed by atoms with van der Waals surface area (Å²) in [6, 6.07) is 12.1. The van der Waals surface area contributed by atoms with Crippen LogP contribution in [0.4, 0.5) is 0 Å². The van der Waals surface area contributed by atoms with Gasteiger partial charge in [-0.1, -0.05) is 13.0 Å². The number of hydrogen-bond donors (Lipinski definition) is 1.